The van der Waals surface area contributed by atoms with Crippen LogP contribution in [-0.2, 0) is 9.63 Å². The average Bonchev–Trinajstić information content (AvgIpc) is 2.43. The third kappa shape index (κ3) is 1.68. The fourth-order valence-electron chi connectivity index (χ4n) is 1.47. The molecule has 80 valence electrons. The highest BCUT2D eigenvalue weighted by Gasteiger charge is 2.30. The third-order valence-electron chi connectivity index (χ3n) is 2.03. The summed E-state index contributed by atoms with van der Waals surface area (Å²) in [5.74, 6) is 0.256. The van der Waals surface area contributed by atoms with E-state index in [2.05, 4.69) is 0 Å². The number of hydrogen-bond donors (Lipinski definition) is 1. The summed E-state index contributed by atoms with van der Waals surface area (Å²) in [6, 6.07) is 4.63. The maximum absolute atomic E-state index is 10.9. The Hall–Kier alpha value is -1.91. The van der Waals surface area contributed by atoms with Crippen LogP contribution < -0.4 is 9.80 Å². The molecule has 2 rings (SSSR count). The molecular formula is C10H11NO4. The SMILES string of the molecule is CC(=O)ON1c2cc(O)ccc2OC1C. The van der Waals surface area contributed by atoms with Crippen LogP contribution in [0.2, 0.25) is 0 Å². The van der Waals surface area contributed by atoms with E-state index in [9.17, 15) is 9.90 Å². The number of hydrogen-bond acceptors (Lipinski definition) is 5. The summed E-state index contributed by atoms with van der Waals surface area (Å²) in [5.41, 5.74) is 0.553. The lowest BCUT2D eigenvalue weighted by Crippen LogP contribution is -2.33. The zero-order valence-corrected chi connectivity index (χ0v) is 8.43. The molecule has 0 saturated carbocycles. The molecule has 15 heavy (non-hydrogen) atoms. The summed E-state index contributed by atoms with van der Waals surface area (Å²) in [5, 5.41) is 10.6. The molecule has 1 atom stereocenters. The largest absolute Gasteiger partial charge is 0.508 e. The second-order valence-electron chi connectivity index (χ2n) is 3.28. The number of benzene rings is 1. The van der Waals surface area contributed by atoms with Crippen molar-refractivity contribution in [1.82, 2.24) is 0 Å². The van der Waals surface area contributed by atoms with Crippen LogP contribution in [0.15, 0.2) is 18.2 Å². The molecule has 5 heteroatoms. The highest BCUT2D eigenvalue weighted by atomic mass is 16.7. The molecule has 5 nitrogen and oxygen atoms in total. The maximum Gasteiger partial charge on any atom is 0.329 e. The van der Waals surface area contributed by atoms with Gasteiger partial charge in [0, 0.05) is 13.0 Å². The Kier molecular flexibility index (Phi) is 2.15. The third-order valence-corrected chi connectivity index (χ3v) is 2.03. The van der Waals surface area contributed by atoms with E-state index in [1.54, 1.807) is 13.0 Å². The van der Waals surface area contributed by atoms with Gasteiger partial charge in [-0.1, -0.05) is 0 Å². The predicted molar refractivity (Wildman–Crippen MR) is 52.4 cm³/mol. The van der Waals surface area contributed by atoms with E-state index in [-0.39, 0.29) is 12.0 Å². The van der Waals surface area contributed by atoms with Crippen LogP contribution in [0.5, 0.6) is 11.5 Å². The quantitative estimate of drug-likeness (QED) is 0.757. The molecule has 1 N–H and O–H groups in total. The number of nitrogens with zero attached hydrogens (tertiary/aromatic N) is 1. The molecule has 0 aliphatic carbocycles. The van der Waals surface area contributed by atoms with E-state index in [1.165, 1.54) is 24.1 Å². The van der Waals surface area contributed by atoms with Crippen molar-refractivity contribution in [2.45, 2.75) is 20.1 Å². The Balaban J connectivity index is 2.35. The van der Waals surface area contributed by atoms with E-state index >= 15 is 0 Å². The number of phenols is 1. The van der Waals surface area contributed by atoms with Crippen molar-refractivity contribution < 1.29 is 19.5 Å². The van der Waals surface area contributed by atoms with Gasteiger partial charge in [0.1, 0.15) is 17.2 Å². The summed E-state index contributed by atoms with van der Waals surface area (Å²) >= 11 is 0. The molecule has 0 fully saturated rings. The van der Waals surface area contributed by atoms with E-state index in [4.69, 9.17) is 9.57 Å². The lowest BCUT2D eigenvalue weighted by Gasteiger charge is -2.19. The van der Waals surface area contributed by atoms with Gasteiger partial charge in [0.25, 0.3) is 0 Å². The number of phenolic OH excluding ortho intramolecular Hbond substituents is 1. The van der Waals surface area contributed by atoms with Crippen molar-refractivity contribution in [1.29, 1.82) is 0 Å². The monoisotopic (exact) mass is 209 g/mol. The molecule has 1 aliphatic heterocycles. The number of anilines is 1. The van der Waals surface area contributed by atoms with Gasteiger partial charge in [-0.15, -0.1) is 0 Å². The Morgan fingerprint density at radius 1 is 1.60 bits per heavy atom. The number of carbonyl (C=O) groups excluding carboxylic acids is 1. The first-order chi connectivity index (χ1) is 7.08. The minimum Gasteiger partial charge on any atom is -0.508 e. The zero-order chi connectivity index (χ0) is 11.0. The Morgan fingerprint density at radius 2 is 2.33 bits per heavy atom. The molecule has 1 aliphatic rings. The topological polar surface area (TPSA) is 59.0 Å². The van der Waals surface area contributed by atoms with E-state index < -0.39 is 5.97 Å². The Bertz CT molecular complexity index is 404. The van der Waals surface area contributed by atoms with Gasteiger partial charge < -0.3 is 14.7 Å². The number of carbonyl (C=O) groups is 1. The molecule has 1 heterocycles. The number of aromatic hydroxyl groups is 1. The summed E-state index contributed by atoms with van der Waals surface area (Å²) in [7, 11) is 0. The van der Waals surface area contributed by atoms with Crippen LogP contribution in [-0.4, -0.2) is 17.3 Å². The van der Waals surface area contributed by atoms with E-state index in [0.29, 0.717) is 11.4 Å². The van der Waals surface area contributed by atoms with Crippen LogP contribution in [0.3, 0.4) is 0 Å². The summed E-state index contributed by atoms with van der Waals surface area (Å²) in [6.45, 7) is 3.06. The number of hydroxylamine groups is 1. The first-order valence-electron chi connectivity index (χ1n) is 4.55. The van der Waals surface area contributed by atoms with Gasteiger partial charge in [-0.3, -0.25) is 4.79 Å². The molecule has 1 unspecified atom stereocenters. The van der Waals surface area contributed by atoms with Crippen molar-refractivity contribution in [2.24, 2.45) is 0 Å². The van der Waals surface area contributed by atoms with Gasteiger partial charge in [-0.2, -0.15) is 5.06 Å². The minimum absolute atomic E-state index is 0.101. The van der Waals surface area contributed by atoms with Crippen molar-refractivity contribution in [2.75, 3.05) is 5.06 Å². The highest BCUT2D eigenvalue weighted by Crippen LogP contribution is 2.39. The van der Waals surface area contributed by atoms with Crippen LogP contribution in [0.25, 0.3) is 0 Å². The van der Waals surface area contributed by atoms with E-state index in [1.807, 2.05) is 0 Å². The van der Waals surface area contributed by atoms with Gasteiger partial charge in [0.15, 0.2) is 0 Å². The van der Waals surface area contributed by atoms with Crippen molar-refractivity contribution >= 4 is 11.7 Å². The number of rotatable bonds is 1. The molecule has 1 aromatic carbocycles. The fraction of sp³-hybridized carbons (Fsp3) is 0.300. The summed E-state index contributed by atoms with van der Waals surface area (Å²) < 4.78 is 5.41. The predicted octanol–water partition coefficient (Wildman–Crippen LogP) is 1.42. The van der Waals surface area contributed by atoms with Gasteiger partial charge in [-0.05, 0) is 19.1 Å². The molecule has 0 saturated heterocycles. The Labute approximate surface area is 86.8 Å². The summed E-state index contributed by atoms with van der Waals surface area (Å²) in [4.78, 5) is 15.8. The van der Waals surface area contributed by atoms with Crippen molar-refractivity contribution in [3.63, 3.8) is 0 Å². The highest BCUT2D eigenvalue weighted by molar-refractivity contribution is 5.70. The first-order valence-corrected chi connectivity index (χ1v) is 4.55. The maximum atomic E-state index is 10.9. The van der Waals surface area contributed by atoms with E-state index in [0.717, 1.165) is 0 Å². The molecular weight excluding hydrogens is 198 g/mol. The first kappa shape index (κ1) is 9.64. The standard InChI is InChI=1S/C10H11NO4/c1-6-11(15-7(2)12)9-5-8(13)3-4-10(9)14-6/h3-6,13H,1-2H3. The van der Waals surface area contributed by atoms with Gasteiger partial charge in [0.05, 0.1) is 0 Å². The zero-order valence-electron chi connectivity index (χ0n) is 8.43. The molecule has 0 aromatic heterocycles. The van der Waals surface area contributed by atoms with Crippen molar-refractivity contribution in [3.8, 4) is 11.5 Å². The summed E-state index contributed by atoms with van der Waals surface area (Å²) in [6.07, 6.45) is -0.384. The Morgan fingerprint density at radius 3 is 3.00 bits per heavy atom. The second kappa shape index (κ2) is 3.34. The van der Waals surface area contributed by atoms with Crippen molar-refractivity contribution in [3.05, 3.63) is 18.2 Å². The molecule has 0 radical (unpaired) electrons. The lowest BCUT2D eigenvalue weighted by molar-refractivity contribution is -0.144. The van der Waals surface area contributed by atoms with Crippen LogP contribution in [0.1, 0.15) is 13.8 Å². The van der Waals surface area contributed by atoms with Gasteiger partial charge in [0.2, 0.25) is 6.23 Å². The lowest BCUT2D eigenvalue weighted by atomic mass is 10.3. The van der Waals surface area contributed by atoms with Gasteiger partial charge in [-0.25, -0.2) is 0 Å². The minimum atomic E-state index is -0.429. The van der Waals surface area contributed by atoms with Crippen LogP contribution >= 0.6 is 0 Å². The van der Waals surface area contributed by atoms with Gasteiger partial charge >= 0.3 is 5.97 Å². The molecule has 1 aromatic rings. The molecule has 0 bridgehead atoms. The fourth-order valence-corrected chi connectivity index (χ4v) is 1.47. The number of ether oxygens (including phenoxy) is 1. The second-order valence-corrected chi connectivity index (χ2v) is 3.28. The molecule has 0 amide bonds. The molecule has 0 spiro atoms. The van der Waals surface area contributed by atoms with Crippen LogP contribution in [0.4, 0.5) is 5.69 Å². The average molecular weight is 209 g/mol. The normalized spacial score (nSPS) is 18.3. The smallest absolute Gasteiger partial charge is 0.329 e. The number of fused-ring (bicyclic) bond motifs is 1. The van der Waals surface area contributed by atoms with Crippen LogP contribution in [0, 0.1) is 0 Å².